The Balaban J connectivity index is 1.32. The van der Waals surface area contributed by atoms with Gasteiger partial charge >= 0.3 is 5.97 Å². The van der Waals surface area contributed by atoms with Crippen LogP contribution in [0.5, 0.6) is 0 Å². The molecule has 3 aliphatic heterocycles. The molecule has 3 amide bonds. The van der Waals surface area contributed by atoms with Crippen LogP contribution >= 0.6 is 0 Å². The SMILES string of the molecule is COC(=O)[C@@]1(Cc2ccccc2)[C@H]2c3cc(C(=O)N4CCCC4)n(CCCN4CCCC4=O)c3C[C@H]2CN1C(=O)c1ccccc1. The van der Waals surface area contributed by atoms with Crippen molar-refractivity contribution in [1.82, 2.24) is 19.3 Å². The van der Waals surface area contributed by atoms with Gasteiger partial charge in [-0.1, -0.05) is 48.5 Å². The van der Waals surface area contributed by atoms with E-state index in [4.69, 9.17) is 4.74 Å². The summed E-state index contributed by atoms with van der Waals surface area (Å²) < 4.78 is 7.76. The van der Waals surface area contributed by atoms with Crippen molar-refractivity contribution >= 4 is 23.7 Å². The number of amides is 3. The third kappa shape index (κ3) is 5.10. The zero-order valence-electron chi connectivity index (χ0n) is 26.5. The number of carbonyl (C=O) groups excluding carboxylic acids is 4. The maximum Gasteiger partial charge on any atom is 0.332 e. The van der Waals surface area contributed by atoms with E-state index >= 15 is 0 Å². The first-order valence-electron chi connectivity index (χ1n) is 16.7. The maximum atomic E-state index is 14.3. The number of ether oxygens (including phenoxy) is 1. The number of methoxy groups -OCH3 is 1. The summed E-state index contributed by atoms with van der Waals surface area (Å²) in [4.78, 5) is 60.5. The van der Waals surface area contributed by atoms with Crippen LogP contribution in [0.4, 0.5) is 0 Å². The summed E-state index contributed by atoms with van der Waals surface area (Å²) >= 11 is 0. The molecule has 9 heteroatoms. The summed E-state index contributed by atoms with van der Waals surface area (Å²) in [6.45, 7) is 3.95. The fraction of sp³-hybridized carbons (Fsp3) is 0.459. The highest BCUT2D eigenvalue weighted by atomic mass is 16.5. The number of likely N-dealkylation sites (tertiary alicyclic amines) is 3. The molecule has 2 aromatic carbocycles. The van der Waals surface area contributed by atoms with E-state index in [0.717, 1.165) is 62.1 Å². The Morgan fingerprint density at radius 2 is 1.61 bits per heavy atom. The second kappa shape index (κ2) is 12.4. The number of benzene rings is 2. The largest absolute Gasteiger partial charge is 0.467 e. The Labute approximate surface area is 270 Å². The minimum Gasteiger partial charge on any atom is -0.467 e. The molecule has 3 aromatic rings. The molecule has 0 saturated carbocycles. The molecule has 4 heterocycles. The summed E-state index contributed by atoms with van der Waals surface area (Å²) in [5.74, 6) is -0.762. The molecule has 1 aliphatic carbocycles. The van der Waals surface area contributed by atoms with Crippen LogP contribution in [0.15, 0.2) is 66.7 Å². The Morgan fingerprint density at radius 1 is 0.891 bits per heavy atom. The molecular formula is C37H42N4O5. The lowest BCUT2D eigenvalue weighted by Gasteiger charge is -2.40. The highest BCUT2D eigenvalue weighted by Crippen LogP contribution is 2.55. The van der Waals surface area contributed by atoms with Gasteiger partial charge in [-0.25, -0.2) is 4.79 Å². The second-order valence-electron chi connectivity index (χ2n) is 13.2. The predicted molar refractivity (Wildman–Crippen MR) is 172 cm³/mol. The van der Waals surface area contributed by atoms with Crippen molar-refractivity contribution in [3.63, 3.8) is 0 Å². The van der Waals surface area contributed by atoms with Gasteiger partial charge in [-0.15, -0.1) is 0 Å². The van der Waals surface area contributed by atoms with E-state index in [2.05, 4.69) is 4.57 Å². The quantitative estimate of drug-likeness (QED) is 0.332. The molecule has 7 rings (SSSR count). The van der Waals surface area contributed by atoms with Crippen LogP contribution in [0.1, 0.15) is 75.7 Å². The Morgan fingerprint density at radius 3 is 2.28 bits per heavy atom. The molecule has 1 aromatic heterocycles. The highest BCUT2D eigenvalue weighted by molar-refractivity contribution is 6.00. The predicted octanol–water partition coefficient (Wildman–Crippen LogP) is 4.30. The van der Waals surface area contributed by atoms with Gasteiger partial charge in [0.05, 0.1) is 7.11 Å². The molecular weight excluding hydrogens is 580 g/mol. The maximum absolute atomic E-state index is 14.3. The van der Waals surface area contributed by atoms with Crippen molar-refractivity contribution in [1.29, 1.82) is 0 Å². The second-order valence-corrected chi connectivity index (χ2v) is 13.2. The van der Waals surface area contributed by atoms with E-state index < -0.39 is 11.5 Å². The summed E-state index contributed by atoms with van der Waals surface area (Å²) in [5, 5.41) is 0. The molecule has 0 spiro atoms. The van der Waals surface area contributed by atoms with E-state index in [0.29, 0.717) is 50.2 Å². The van der Waals surface area contributed by atoms with E-state index in [-0.39, 0.29) is 29.6 Å². The van der Waals surface area contributed by atoms with Gasteiger partial charge in [0.25, 0.3) is 11.8 Å². The van der Waals surface area contributed by atoms with Crippen LogP contribution < -0.4 is 0 Å². The van der Waals surface area contributed by atoms with E-state index in [1.54, 1.807) is 17.0 Å². The Hall–Kier alpha value is -4.40. The molecule has 0 bridgehead atoms. The van der Waals surface area contributed by atoms with Gasteiger partial charge in [0.1, 0.15) is 5.69 Å². The minimum atomic E-state index is -1.29. The normalized spacial score (nSPS) is 23.6. The van der Waals surface area contributed by atoms with Gasteiger partial charge in [-0.05, 0) is 67.3 Å². The number of rotatable bonds is 9. The highest BCUT2D eigenvalue weighted by Gasteiger charge is 2.64. The van der Waals surface area contributed by atoms with E-state index in [9.17, 15) is 19.2 Å². The van der Waals surface area contributed by atoms with Crippen LogP contribution in [-0.4, -0.2) is 88.3 Å². The first-order valence-corrected chi connectivity index (χ1v) is 16.7. The molecule has 0 N–H and O–H groups in total. The summed E-state index contributed by atoms with van der Waals surface area (Å²) in [6.07, 6.45) is 5.19. The van der Waals surface area contributed by atoms with Crippen LogP contribution in [0, 0.1) is 5.92 Å². The Kier molecular flexibility index (Phi) is 8.17. The molecule has 0 radical (unpaired) electrons. The number of carbonyl (C=O) groups is 4. The average molecular weight is 623 g/mol. The zero-order valence-corrected chi connectivity index (χ0v) is 26.5. The molecule has 0 unspecified atom stereocenters. The molecule has 4 aliphatic rings. The van der Waals surface area contributed by atoms with Gasteiger partial charge in [0, 0.05) is 69.3 Å². The lowest BCUT2D eigenvalue weighted by molar-refractivity contribution is -0.153. The number of nitrogens with zero attached hydrogens (tertiary/aromatic N) is 4. The fourth-order valence-electron chi connectivity index (χ4n) is 8.58. The monoisotopic (exact) mass is 622 g/mol. The van der Waals surface area contributed by atoms with Gasteiger partial charge in [0.15, 0.2) is 5.54 Å². The molecule has 3 fully saturated rings. The minimum absolute atomic E-state index is 0.0113. The number of aromatic nitrogens is 1. The van der Waals surface area contributed by atoms with Crippen LogP contribution in [-0.2, 0) is 33.7 Å². The standard InChI is InChI=1S/C37H42N4O5/c1-46-36(45)37(24-26-12-4-2-5-13-26)33-28(25-41(37)34(43)27-14-6-3-7-15-27)22-30-29(33)23-31(35(44)39-17-8-9-18-39)40(30)21-11-20-38-19-10-16-32(38)42/h2-7,12-15,23,28,33H,8-11,16-22,24-25H2,1H3/t28-,33+,37+/m0/s1. The number of esters is 1. The number of fused-ring (bicyclic) bond motifs is 3. The van der Waals surface area contributed by atoms with Crippen molar-refractivity contribution in [2.24, 2.45) is 5.92 Å². The number of hydrogen-bond donors (Lipinski definition) is 0. The summed E-state index contributed by atoms with van der Waals surface area (Å²) in [6, 6.07) is 21.0. The summed E-state index contributed by atoms with van der Waals surface area (Å²) in [7, 11) is 1.40. The van der Waals surface area contributed by atoms with E-state index in [1.807, 2.05) is 64.4 Å². The van der Waals surface area contributed by atoms with Crippen LogP contribution in [0.2, 0.25) is 0 Å². The van der Waals surface area contributed by atoms with Gasteiger partial charge in [-0.2, -0.15) is 0 Å². The van der Waals surface area contributed by atoms with Crippen molar-refractivity contribution in [2.75, 3.05) is 39.8 Å². The van der Waals surface area contributed by atoms with Crippen molar-refractivity contribution < 1.29 is 23.9 Å². The van der Waals surface area contributed by atoms with Gasteiger partial charge in [0.2, 0.25) is 5.91 Å². The van der Waals surface area contributed by atoms with Gasteiger partial charge < -0.3 is 24.0 Å². The third-order valence-electron chi connectivity index (χ3n) is 10.6. The fourth-order valence-corrected chi connectivity index (χ4v) is 8.58. The van der Waals surface area contributed by atoms with Crippen LogP contribution in [0.3, 0.4) is 0 Å². The van der Waals surface area contributed by atoms with E-state index in [1.165, 1.54) is 7.11 Å². The first kappa shape index (κ1) is 30.3. The molecule has 240 valence electrons. The molecule has 3 saturated heterocycles. The third-order valence-corrected chi connectivity index (χ3v) is 10.6. The first-order chi connectivity index (χ1) is 22.4. The molecule has 9 nitrogen and oxygen atoms in total. The average Bonchev–Trinajstić information content (AvgIpc) is 3.91. The molecule has 46 heavy (non-hydrogen) atoms. The lowest BCUT2D eigenvalue weighted by atomic mass is 9.75. The number of hydrogen-bond acceptors (Lipinski definition) is 5. The van der Waals surface area contributed by atoms with Gasteiger partial charge in [-0.3, -0.25) is 14.4 Å². The smallest absolute Gasteiger partial charge is 0.332 e. The lowest BCUT2D eigenvalue weighted by Crippen LogP contribution is -2.58. The van der Waals surface area contributed by atoms with Crippen molar-refractivity contribution in [2.45, 2.75) is 62.9 Å². The van der Waals surface area contributed by atoms with Crippen molar-refractivity contribution in [3.05, 3.63) is 94.8 Å². The molecule has 3 atom stereocenters. The van der Waals surface area contributed by atoms with Crippen molar-refractivity contribution in [3.8, 4) is 0 Å². The van der Waals surface area contributed by atoms with Crippen LogP contribution in [0.25, 0.3) is 0 Å². The Bertz CT molecular complexity index is 1630. The summed E-state index contributed by atoms with van der Waals surface area (Å²) in [5.41, 5.74) is 2.86. The zero-order chi connectivity index (χ0) is 31.8. The topological polar surface area (TPSA) is 92.2 Å².